The molecule has 1 fully saturated rings. The van der Waals surface area contributed by atoms with Crippen LogP contribution in [0.2, 0.25) is 0 Å². The first-order valence-corrected chi connectivity index (χ1v) is 9.40. The van der Waals surface area contributed by atoms with E-state index in [1.165, 1.54) is 11.1 Å². The van der Waals surface area contributed by atoms with Gasteiger partial charge in [0.25, 0.3) is 0 Å². The summed E-state index contributed by atoms with van der Waals surface area (Å²) in [5.41, 5.74) is 3.28. The van der Waals surface area contributed by atoms with E-state index in [-0.39, 0.29) is 11.8 Å². The molecule has 1 aliphatic heterocycles. The number of carbonyl (C=O) groups excluding carboxylic acids is 1. The van der Waals surface area contributed by atoms with Crippen LogP contribution in [0.4, 0.5) is 5.69 Å². The second kappa shape index (κ2) is 8.91. The normalized spacial score (nSPS) is 15.4. The highest BCUT2D eigenvalue weighted by molar-refractivity contribution is 5.94. The highest BCUT2D eigenvalue weighted by Crippen LogP contribution is 2.30. The molecule has 1 amide bonds. The van der Waals surface area contributed by atoms with Crippen molar-refractivity contribution in [3.8, 4) is 11.5 Å². The monoisotopic (exact) mass is 368 g/mol. The van der Waals surface area contributed by atoms with Crippen molar-refractivity contribution in [1.82, 2.24) is 4.90 Å². The standard InChI is InChI=1S/C22H28N2O3/c1-16-5-4-6-17(13-16)15-24-11-9-18(10-12-24)22(25)23-20-14-19(26-2)7-8-21(20)27-3/h4-8,13-14,18H,9-12,15H2,1-3H3,(H,23,25). The minimum atomic E-state index is 0.0228. The second-order valence-corrected chi connectivity index (χ2v) is 7.09. The Labute approximate surface area is 161 Å². The first-order valence-electron chi connectivity index (χ1n) is 9.40. The average Bonchev–Trinajstić information content (AvgIpc) is 2.68. The van der Waals surface area contributed by atoms with Gasteiger partial charge in [0.1, 0.15) is 11.5 Å². The van der Waals surface area contributed by atoms with Crippen molar-refractivity contribution < 1.29 is 14.3 Å². The van der Waals surface area contributed by atoms with Crippen molar-refractivity contribution in [1.29, 1.82) is 0 Å². The van der Waals surface area contributed by atoms with Crippen LogP contribution in [0.1, 0.15) is 24.0 Å². The van der Waals surface area contributed by atoms with Gasteiger partial charge in [0.15, 0.2) is 0 Å². The fourth-order valence-corrected chi connectivity index (χ4v) is 3.57. The van der Waals surface area contributed by atoms with E-state index in [0.717, 1.165) is 32.5 Å². The molecule has 0 unspecified atom stereocenters. The van der Waals surface area contributed by atoms with Crippen molar-refractivity contribution in [3.63, 3.8) is 0 Å². The summed E-state index contributed by atoms with van der Waals surface area (Å²) in [6.07, 6.45) is 1.73. The lowest BCUT2D eigenvalue weighted by Crippen LogP contribution is -2.37. The second-order valence-electron chi connectivity index (χ2n) is 7.09. The number of anilines is 1. The fraction of sp³-hybridized carbons (Fsp3) is 0.409. The van der Waals surface area contributed by atoms with Gasteiger partial charge in [-0.3, -0.25) is 9.69 Å². The third-order valence-electron chi connectivity index (χ3n) is 5.11. The van der Waals surface area contributed by atoms with E-state index in [0.29, 0.717) is 17.2 Å². The van der Waals surface area contributed by atoms with E-state index >= 15 is 0 Å². The topological polar surface area (TPSA) is 50.8 Å². The van der Waals surface area contributed by atoms with Crippen molar-refractivity contribution >= 4 is 11.6 Å². The van der Waals surface area contributed by atoms with Gasteiger partial charge < -0.3 is 14.8 Å². The summed E-state index contributed by atoms with van der Waals surface area (Å²) in [5.74, 6) is 1.41. The molecule has 2 aromatic rings. The number of amides is 1. The van der Waals surface area contributed by atoms with Crippen LogP contribution in [-0.2, 0) is 11.3 Å². The van der Waals surface area contributed by atoms with Crippen molar-refractivity contribution in [2.75, 3.05) is 32.6 Å². The molecule has 1 aliphatic rings. The molecular weight excluding hydrogens is 340 g/mol. The molecule has 5 nitrogen and oxygen atoms in total. The van der Waals surface area contributed by atoms with Gasteiger partial charge in [-0.2, -0.15) is 0 Å². The Morgan fingerprint density at radius 1 is 1.11 bits per heavy atom. The van der Waals surface area contributed by atoms with Gasteiger partial charge in [0.05, 0.1) is 19.9 Å². The van der Waals surface area contributed by atoms with Crippen molar-refractivity contribution in [2.45, 2.75) is 26.3 Å². The predicted molar refractivity (Wildman–Crippen MR) is 107 cm³/mol. The number of hydrogen-bond donors (Lipinski definition) is 1. The number of carbonyl (C=O) groups is 1. The summed E-state index contributed by atoms with van der Waals surface area (Å²) in [5, 5.41) is 3.02. The van der Waals surface area contributed by atoms with E-state index < -0.39 is 0 Å². The molecule has 0 bridgehead atoms. The van der Waals surface area contributed by atoms with Crippen LogP contribution < -0.4 is 14.8 Å². The molecule has 27 heavy (non-hydrogen) atoms. The quantitative estimate of drug-likeness (QED) is 0.841. The van der Waals surface area contributed by atoms with Crippen LogP contribution in [0.25, 0.3) is 0 Å². The van der Waals surface area contributed by atoms with Gasteiger partial charge in [0.2, 0.25) is 5.91 Å². The molecule has 0 aromatic heterocycles. The van der Waals surface area contributed by atoms with E-state index in [9.17, 15) is 4.79 Å². The first-order chi connectivity index (χ1) is 13.1. The SMILES string of the molecule is COc1ccc(OC)c(NC(=O)C2CCN(Cc3cccc(C)c3)CC2)c1. The largest absolute Gasteiger partial charge is 0.497 e. The Kier molecular flexibility index (Phi) is 6.35. The minimum Gasteiger partial charge on any atom is -0.497 e. The van der Waals surface area contributed by atoms with Gasteiger partial charge in [0, 0.05) is 18.5 Å². The minimum absolute atomic E-state index is 0.0228. The van der Waals surface area contributed by atoms with Gasteiger partial charge in [-0.15, -0.1) is 0 Å². The lowest BCUT2D eigenvalue weighted by atomic mass is 9.95. The molecule has 0 spiro atoms. The van der Waals surface area contributed by atoms with Crippen LogP contribution >= 0.6 is 0 Å². The third-order valence-corrected chi connectivity index (χ3v) is 5.11. The molecule has 3 rings (SSSR count). The number of likely N-dealkylation sites (tertiary alicyclic amines) is 1. The number of piperidine rings is 1. The maximum absolute atomic E-state index is 12.7. The van der Waals surface area contributed by atoms with Crippen molar-refractivity contribution in [3.05, 3.63) is 53.6 Å². The molecular formula is C22H28N2O3. The molecule has 0 saturated carbocycles. The summed E-state index contributed by atoms with van der Waals surface area (Å²) >= 11 is 0. The van der Waals surface area contributed by atoms with Crippen LogP contribution in [0, 0.1) is 12.8 Å². The predicted octanol–water partition coefficient (Wildman–Crippen LogP) is 3.86. The lowest BCUT2D eigenvalue weighted by Gasteiger charge is -2.31. The average molecular weight is 368 g/mol. The molecule has 2 aromatic carbocycles. The zero-order chi connectivity index (χ0) is 19.2. The Morgan fingerprint density at radius 3 is 2.56 bits per heavy atom. The number of ether oxygens (including phenoxy) is 2. The highest BCUT2D eigenvalue weighted by atomic mass is 16.5. The van der Waals surface area contributed by atoms with E-state index in [1.54, 1.807) is 26.4 Å². The molecule has 144 valence electrons. The molecule has 0 radical (unpaired) electrons. The zero-order valence-electron chi connectivity index (χ0n) is 16.3. The summed E-state index contributed by atoms with van der Waals surface area (Å²) in [4.78, 5) is 15.1. The van der Waals surface area contributed by atoms with E-state index in [2.05, 4.69) is 41.4 Å². The van der Waals surface area contributed by atoms with Gasteiger partial charge >= 0.3 is 0 Å². The van der Waals surface area contributed by atoms with E-state index in [4.69, 9.17) is 9.47 Å². The molecule has 1 saturated heterocycles. The maximum Gasteiger partial charge on any atom is 0.227 e. The Bertz CT molecular complexity index is 783. The van der Waals surface area contributed by atoms with Crippen LogP contribution in [0.15, 0.2) is 42.5 Å². The number of nitrogens with one attached hydrogen (secondary N) is 1. The van der Waals surface area contributed by atoms with E-state index in [1.807, 2.05) is 6.07 Å². The number of hydrogen-bond acceptors (Lipinski definition) is 4. The number of nitrogens with zero attached hydrogens (tertiary/aromatic N) is 1. The molecule has 1 N–H and O–H groups in total. The molecule has 5 heteroatoms. The summed E-state index contributed by atoms with van der Waals surface area (Å²) in [6.45, 7) is 4.93. The molecule has 1 heterocycles. The Morgan fingerprint density at radius 2 is 1.89 bits per heavy atom. The molecule has 0 aliphatic carbocycles. The number of rotatable bonds is 6. The highest BCUT2D eigenvalue weighted by Gasteiger charge is 2.25. The summed E-state index contributed by atoms with van der Waals surface area (Å²) in [7, 11) is 3.21. The van der Waals surface area contributed by atoms with Crippen LogP contribution in [-0.4, -0.2) is 38.1 Å². The smallest absolute Gasteiger partial charge is 0.227 e. The fourth-order valence-electron chi connectivity index (χ4n) is 3.57. The maximum atomic E-state index is 12.7. The van der Waals surface area contributed by atoms with Crippen LogP contribution in [0.3, 0.4) is 0 Å². The lowest BCUT2D eigenvalue weighted by molar-refractivity contribution is -0.121. The number of methoxy groups -OCH3 is 2. The number of benzene rings is 2. The zero-order valence-corrected chi connectivity index (χ0v) is 16.3. The molecule has 0 atom stereocenters. The number of aryl methyl sites for hydroxylation is 1. The van der Waals surface area contributed by atoms with Gasteiger partial charge in [-0.25, -0.2) is 0 Å². The third kappa shape index (κ3) is 5.01. The first kappa shape index (κ1) is 19.2. The van der Waals surface area contributed by atoms with Crippen LogP contribution in [0.5, 0.6) is 11.5 Å². The summed E-state index contributed by atoms with van der Waals surface area (Å²) < 4.78 is 10.6. The Hall–Kier alpha value is -2.53. The summed E-state index contributed by atoms with van der Waals surface area (Å²) in [6, 6.07) is 14.0. The Balaban J connectivity index is 1.56. The van der Waals surface area contributed by atoms with Gasteiger partial charge in [-0.05, 0) is 50.6 Å². The van der Waals surface area contributed by atoms with Gasteiger partial charge in [-0.1, -0.05) is 29.8 Å². The van der Waals surface area contributed by atoms with Crippen molar-refractivity contribution in [2.24, 2.45) is 5.92 Å².